The fourth-order valence-electron chi connectivity index (χ4n) is 3.26. The van der Waals surface area contributed by atoms with Gasteiger partial charge in [0.15, 0.2) is 15.8 Å². The second-order valence-electron chi connectivity index (χ2n) is 6.96. The van der Waals surface area contributed by atoms with Crippen LogP contribution in [-0.2, 0) is 11.4 Å². The molecule has 1 saturated heterocycles. The zero-order chi connectivity index (χ0) is 23.4. The number of rotatable bonds is 6. The molecule has 8 heteroatoms. The van der Waals surface area contributed by atoms with Crippen LogP contribution in [0.25, 0.3) is 6.08 Å². The van der Waals surface area contributed by atoms with Crippen molar-refractivity contribution in [3.63, 3.8) is 0 Å². The number of carbonyl (C=O) groups is 1. The van der Waals surface area contributed by atoms with Crippen molar-refractivity contribution in [3.05, 3.63) is 92.8 Å². The molecule has 0 atom stereocenters. The number of thiocarbonyl (C=S) groups is 1. The van der Waals surface area contributed by atoms with Crippen LogP contribution < -0.4 is 14.4 Å². The Hall–Kier alpha value is -3.12. The zero-order valence-electron chi connectivity index (χ0n) is 17.4. The first-order chi connectivity index (χ1) is 16.0. The third kappa shape index (κ3) is 5.11. The van der Waals surface area contributed by atoms with E-state index < -0.39 is 0 Å². The maximum atomic E-state index is 13.0. The third-order valence-corrected chi connectivity index (χ3v) is 6.66. The average Bonchev–Trinajstić information content (AvgIpc) is 3.10. The van der Waals surface area contributed by atoms with Crippen molar-refractivity contribution in [1.82, 2.24) is 0 Å². The molecule has 1 heterocycles. The maximum Gasteiger partial charge on any atom is 0.270 e. The highest BCUT2D eigenvalue weighted by Crippen LogP contribution is 2.38. The molecule has 0 aromatic heterocycles. The zero-order valence-corrected chi connectivity index (χ0v) is 20.7. The molecule has 164 valence electrons. The Labute approximate surface area is 209 Å². The molecule has 0 radical (unpaired) electrons. The topological polar surface area (TPSA) is 62.6 Å². The number of halogens is 1. The van der Waals surface area contributed by atoms with Gasteiger partial charge in [-0.1, -0.05) is 70.2 Å². The summed E-state index contributed by atoms with van der Waals surface area (Å²) in [4.78, 5) is 15.1. The average molecular weight is 537 g/mol. The number of anilines is 1. The van der Waals surface area contributed by atoms with Gasteiger partial charge in [0.05, 0.1) is 29.3 Å². The molecular weight excluding hydrogens is 520 g/mol. The van der Waals surface area contributed by atoms with E-state index in [0.717, 1.165) is 15.6 Å². The Kier molecular flexibility index (Phi) is 7.14. The molecule has 0 spiro atoms. The van der Waals surface area contributed by atoms with Crippen LogP contribution in [0.1, 0.15) is 16.7 Å². The molecule has 1 aliphatic rings. The Morgan fingerprint density at radius 1 is 1.12 bits per heavy atom. The van der Waals surface area contributed by atoms with Crippen molar-refractivity contribution in [2.24, 2.45) is 0 Å². The summed E-state index contributed by atoms with van der Waals surface area (Å²) in [6, 6.07) is 22.3. The number of hydrogen-bond acceptors (Lipinski definition) is 6. The second kappa shape index (κ2) is 10.2. The lowest BCUT2D eigenvalue weighted by Crippen LogP contribution is -2.27. The Morgan fingerprint density at radius 3 is 2.70 bits per heavy atom. The lowest BCUT2D eigenvalue weighted by atomic mass is 10.1. The van der Waals surface area contributed by atoms with Crippen LogP contribution in [0.15, 0.2) is 76.1 Å². The lowest BCUT2D eigenvalue weighted by Gasteiger charge is -2.14. The van der Waals surface area contributed by atoms with Gasteiger partial charge in [0.2, 0.25) is 0 Å². The quantitative estimate of drug-likeness (QED) is 0.271. The van der Waals surface area contributed by atoms with Gasteiger partial charge in [0.1, 0.15) is 6.61 Å². The number of benzene rings is 3. The molecule has 4 rings (SSSR count). The Morgan fingerprint density at radius 2 is 1.94 bits per heavy atom. The fourth-order valence-corrected chi connectivity index (χ4v) is 4.95. The van der Waals surface area contributed by atoms with Crippen molar-refractivity contribution in [2.75, 3.05) is 12.0 Å². The van der Waals surface area contributed by atoms with Crippen LogP contribution in [0.4, 0.5) is 5.69 Å². The number of amides is 1. The van der Waals surface area contributed by atoms with E-state index in [1.54, 1.807) is 31.4 Å². The molecule has 33 heavy (non-hydrogen) atoms. The van der Waals surface area contributed by atoms with Gasteiger partial charge in [-0.15, -0.1) is 0 Å². The van der Waals surface area contributed by atoms with Crippen molar-refractivity contribution in [3.8, 4) is 17.6 Å². The molecule has 3 aromatic rings. The first-order valence-electron chi connectivity index (χ1n) is 9.82. The maximum absolute atomic E-state index is 13.0. The minimum atomic E-state index is -0.171. The Balaban J connectivity index is 1.55. The van der Waals surface area contributed by atoms with Gasteiger partial charge >= 0.3 is 0 Å². The van der Waals surface area contributed by atoms with Gasteiger partial charge < -0.3 is 9.47 Å². The minimum absolute atomic E-state index is 0.171. The number of nitrogens with zero attached hydrogens (tertiary/aromatic N) is 2. The van der Waals surface area contributed by atoms with Crippen LogP contribution in [0.2, 0.25) is 0 Å². The third-order valence-electron chi connectivity index (χ3n) is 4.87. The normalized spacial score (nSPS) is 14.5. The minimum Gasteiger partial charge on any atom is -0.493 e. The van der Waals surface area contributed by atoms with E-state index in [4.69, 9.17) is 21.7 Å². The van der Waals surface area contributed by atoms with Gasteiger partial charge in [-0.05, 0) is 48.0 Å². The first kappa shape index (κ1) is 23.1. The molecule has 0 N–H and O–H groups in total. The monoisotopic (exact) mass is 536 g/mol. The molecule has 0 bridgehead atoms. The van der Waals surface area contributed by atoms with Crippen LogP contribution in [0, 0.1) is 11.3 Å². The van der Waals surface area contributed by atoms with E-state index in [1.807, 2.05) is 48.5 Å². The number of ether oxygens (including phenoxy) is 2. The summed E-state index contributed by atoms with van der Waals surface area (Å²) in [5.41, 5.74) is 2.86. The van der Waals surface area contributed by atoms with Crippen LogP contribution in [-0.4, -0.2) is 17.3 Å². The van der Waals surface area contributed by atoms with Gasteiger partial charge in [-0.25, -0.2) is 0 Å². The summed E-state index contributed by atoms with van der Waals surface area (Å²) >= 11 is 10.1. The molecule has 0 unspecified atom stereocenters. The standard InChI is InChI=1S/C25H17BrN2O3S2/c1-30-22-11-16(9-10-21(22)31-15-18-6-3-2-5-17(18)14-27)12-23-24(29)28(25(32)33-23)20-8-4-7-19(26)13-20/h2-13H,15H2,1H3/b23-12-. The van der Waals surface area contributed by atoms with E-state index in [2.05, 4.69) is 22.0 Å². The molecule has 1 fully saturated rings. The van der Waals surface area contributed by atoms with E-state index in [1.165, 1.54) is 16.7 Å². The van der Waals surface area contributed by atoms with Crippen molar-refractivity contribution < 1.29 is 14.3 Å². The highest BCUT2D eigenvalue weighted by atomic mass is 79.9. The van der Waals surface area contributed by atoms with Gasteiger partial charge in [-0.3, -0.25) is 9.69 Å². The molecule has 5 nitrogen and oxygen atoms in total. The SMILES string of the molecule is COc1cc(/C=C2\SC(=S)N(c3cccc(Br)c3)C2=O)ccc1OCc1ccccc1C#N. The highest BCUT2D eigenvalue weighted by molar-refractivity contribution is 9.10. The molecular formula is C25H17BrN2O3S2. The summed E-state index contributed by atoms with van der Waals surface area (Å²) in [5, 5.41) is 9.25. The summed E-state index contributed by atoms with van der Waals surface area (Å²) in [7, 11) is 1.56. The molecule has 0 aliphatic carbocycles. The summed E-state index contributed by atoms with van der Waals surface area (Å²) in [6.07, 6.45) is 1.79. The van der Waals surface area contributed by atoms with Gasteiger partial charge in [0, 0.05) is 10.0 Å². The van der Waals surface area contributed by atoms with E-state index in [0.29, 0.717) is 32.0 Å². The van der Waals surface area contributed by atoms with Crippen molar-refractivity contribution in [2.45, 2.75) is 6.61 Å². The van der Waals surface area contributed by atoms with Gasteiger partial charge in [-0.2, -0.15) is 5.26 Å². The van der Waals surface area contributed by atoms with Crippen molar-refractivity contribution >= 4 is 61.9 Å². The summed E-state index contributed by atoms with van der Waals surface area (Å²) < 4.78 is 12.7. The number of thioether (sulfide) groups is 1. The number of methoxy groups -OCH3 is 1. The smallest absolute Gasteiger partial charge is 0.270 e. The highest BCUT2D eigenvalue weighted by Gasteiger charge is 2.33. The Bertz CT molecular complexity index is 1320. The molecule has 0 saturated carbocycles. The summed E-state index contributed by atoms with van der Waals surface area (Å²) in [6.45, 7) is 0.241. The largest absolute Gasteiger partial charge is 0.493 e. The predicted octanol–water partition coefficient (Wildman–Crippen LogP) is 6.31. The summed E-state index contributed by atoms with van der Waals surface area (Å²) in [5.74, 6) is 0.903. The molecule has 3 aromatic carbocycles. The van der Waals surface area contributed by atoms with Crippen LogP contribution in [0.5, 0.6) is 11.5 Å². The van der Waals surface area contributed by atoms with Crippen LogP contribution >= 0.6 is 39.9 Å². The second-order valence-corrected chi connectivity index (χ2v) is 9.56. The predicted molar refractivity (Wildman–Crippen MR) is 138 cm³/mol. The number of carbonyl (C=O) groups excluding carboxylic acids is 1. The lowest BCUT2D eigenvalue weighted by molar-refractivity contribution is -0.113. The number of hydrogen-bond donors (Lipinski definition) is 0. The van der Waals surface area contributed by atoms with Gasteiger partial charge in [0.25, 0.3) is 5.91 Å². The van der Waals surface area contributed by atoms with E-state index >= 15 is 0 Å². The fraction of sp³-hybridized carbons (Fsp3) is 0.0800. The van der Waals surface area contributed by atoms with Crippen LogP contribution in [0.3, 0.4) is 0 Å². The van der Waals surface area contributed by atoms with E-state index in [-0.39, 0.29) is 12.5 Å². The number of nitriles is 1. The molecule has 1 aliphatic heterocycles. The molecule has 1 amide bonds. The van der Waals surface area contributed by atoms with E-state index in [9.17, 15) is 10.1 Å². The van der Waals surface area contributed by atoms with Crippen molar-refractivity contribution in [1.29, 1.82) is 5.26 Å². The first-order valence-corrected chi connectivity index (χ1v) is 11.8.